The second-order valence-electron chi connectivity index (χ2n) is 11.5. The molecule has 1 aliphatic rings. The van der Waals surface area contributed by atoms with Gasteiger partial charge in [-0.25, -0.2) is 0 Å². The third-order valence-electron chi connectivity index (χ3n) is 9.11. The van der Waals surface area contributed by atoms with Gasteiger partial charge in [0, 0.05) is 53.5 Å². The van der Waals surface area contributed by atoms with Crippen molar-refractivity contribution in [1.29, 1.82) is 0 Å². The molecule has 0 spiro atoms. The van der Waals surface area contributed by atoms with Crippen LogP contribution in [0.3, 0.4) is 0 Å². The zero-order valence-corrected chi connectivity index (χ0v) is 29.9. The van der Waals surface area contributed by atoms with Crippen molar-refractivity contribution in [3.05, 3.63) is 87.6 Å². The number of hydrogen-bond donors (Lipinski definition) is 0. The van der Waals surface area contributed by atoms with E-state index < -0.39 is 18.1 Å². The Labute approximate surface area is 295 Å². The van der Waals surface area contributed by atoms with E-state index in [0.717, 1.165) is 5.56 Å². The van der Waals surface area contributed by atoms with Gasteiger partial charge in [-0.2, -0.15) is 0 Å². The van der Waals surface area contributed by atoms with E-state index in [1.54, 1.807) is 74.0 Å². The summed E-state index contributed by atoms with van der Waals surface area (Å²) in [4.78, 5) is 13.6. The number of hydrogen-bond acceptors (Lipinski definition) is 12. The predicted molar refractivity (Wildman–Crippen MR) is 189 cm³/mol. The Morgan fingerprint density at radius 3 is 1.78 bits per heavy atom. The Kier molecular flexibility index (Phi) is 10.1. The van der Waals surface area contributed by atoms with Gasteiger partial charge < -0.3 is 51.8 Å². The maximum absolute atomic E-state index is 13.6. The molecule has 0 unspecified atom stereocenters. The highest BCUT2D eigenvalue weighted by molar-refractivity contribution is 5.82. The number of benzene rings is 4. The fourth-order valence-electron chi connectivity index (χ4n) is 6.75. The van der Waals surface area contributed by atoms with Crippen molar-refractivity contribution < 1.29 is 51.8 Å². The van der Waals surface area contributed by atoms with Crippen molar-refractivity contribution in [1.82, 2.24) is 0 Å². The molecule has 0 radical (unpaired) electrons. The normalized spacial score (nSPS) is 16.5. The summed E-state index contributed by atoms with van der Waals surface area (Å²) >= 11 is 0. The molecular formula is C39H40O12. The quantitative estimate of drug-likeness (QED) is 0.136. The van der Waals surface area contributed by atoms with Crippen LogP contribution in [0.25, 0.3) is 22.3 Å². The number of fused-ring (bicyclic) bond motifs is 2. The Hall–Kier alpha value is -5.75. The standard InChI is InChI=1S/C39H40O12/c1-41-21-10-12-23-26(40)19-29(50-27(23)16-21)25-18-32(45-5)37(47-7)39(49-9)34(25)33-24-13-11-22(42-2)17-28(24)51-35(38(33)48-8)20-14-30(43-3)36(46-6)31(15-20)44-4/h10-19,33,35,38H,1-9H3/t33-,35-,38+/m1/s1. The molecule has 3 atom stereocenters. The fraction of sp³-hybridized carbons (Fsp3) is 0.308. The molecule has 0 fully saturated rings. The molecule has 5 aromatic rings. The highest BCUT2D eigenvalue weighted by atomic mass is 16.6. The Balaban J connectivity index is 1.70. The number of methoxy groups -OCH3 is 9. The lowest BCUT2D eigenvalue weighted by atomic mass is 9.77. The molecule has 4 aromatic carbocycles. The van der Waals surface area contributed by atoms with E-state index in [9.17, 15) is 4.79 Å². The van der Waals surface area contributed by atoms with E-state index >= 15 is 0 Å². The molecule has 6 rings (SSSR count). The monoisotopic (exact) mass is 700 g/mol. The second-order valence-corrected chi connectivity index (χ2v) is 11.5. The van der Waals surface area contributed by atoms with Gasteiger partial charge in [0.05, 0.1) is 62.3 Å². The molecular weight excluding hydrogens is 660 g/mol. The molecule has 12 nitrogen and oxygen atoms in total. The van der Waals surface area contributed by atoms with Crippen LogP contribution in [0.5, 0.6) is 51.7 Å². The van der Waals surface area contributed by atoms with Crippen LogP contribution in [-0.2, 0) is 4.74 Å². The summed E-state index contributed by atoms with van der Waals surface area (Å²) < 4.78 is 65.6. The lowest BCUT2D eigenvalue weighted by molar-refractivity contribution is -0.0232. The molecule has 0 aliphatic carbocycles. The van der Waals surface area contributed by atoms with Gasteiger partial charge in [0.2, 0.25) is 11.5 Å². The molecule has 1 aliphatic heterocycles. The first-order valence-electron chi connectivity index (χ1n) is 15.9. The van der Waals surface area contributed by atoms with E-state index in [4.69, 9.17) is 51.8 Å². The van der Waals surface area contributed by atoms with Crippen molar-refractivity contribution in [2.45, 2.75) is 18.1 Å². The Morgan fingerprint density at radius 2 is 1.20 bits per heavy atom. The van der Waals surface area contributed by atoms with Crippen molar-refractivity contribution in [3.8, 4) is 63.1 Å². The molecule has 51 heavy (non-hydrogen) atoms. The summed E-state index contributed by atoms with van der Waals surface area (Å²) in [5.74, 6) is 3.64. The lowest BCUT2D eigenvalue weighted by Crippen LogP contribution is -2.37. The molecule has 12 heteroatoms. The summed E-state index contributed by atoms with van der Waals surface area (Å²) in [6.45, 7) is 0. The van der Waals surface area contributed by atoms with Crippen molar-refractivity contribution >= 4 is 11.0 Å². The minimum atomic E-state index is -0.744. The number of rotatable bonds is 12. The highest BCUT2D eigenvalue weighted by Crippen LogP contribution is 2.56. The summed E-state index contributed by atoms with van der Waals surface area (Å²) in [5.41, 5.74) is 2.63. The van der Waals surface area contributed by atoms with Gasteiger partial charge >= 0.3 is 0 Å². The van der Waals surface area contributed by atoms with Crippen LogP contribution in [0.4, 0.5) is 0 Å². The van der Waals surface area contributed by atoms with Crippen LogP contribution in [0.2, 0.25) is 0 Å². The van der Waals surface area contributed by atoms with Gasteiger partial charge in [-0.15, -0.1) is 0 Å². The minimum Gasteiger partial charge on any atom is -0.497 e. The van der Waals surface area contributed by atoms with Gasteiger partial charge in [-0.1, -0.05) is 6.07 Å². The first-order chi connectivity index (χ1) is 24.8. The maximum atomic E-state index is 13.6. The first-order valence-corrected chi connectivity index (χ1v) is 15.9. The van der Waals surface area contributed by atoms with Crippen molar-refractivity contribution in [2.75, 3.05) is 64.0 Å². The van der Waals surface area contributed by atoms with Crippen LogP contribution in [0.1, 0.15) is 28.7 Å². The third kappa shape index (κ3) is 6.05. The van der Waals surface area contributed by atoms with Crippen LogP contribution in [0.15, 0.2) is 69.9 Å². The smallest absolute Gasteiger partial charge is 0.203 e. The zero-order valence-electron chi connectivity index (χ0n) is 29.9. The molecule has 1 aromatic heterocycles. The predicted octanol–water partition coefficient (Wildman–Crippen LogP) is 6.81. The summed E-state index contributed by atoms with van der Waals surface area (Å²) in [6.07, 6.45) is -1.46. The van der Waals surface area contributed by atoms with E-state index in [-0.39, 0.29) is 11.2 Å². The largest absolute Gasteiger partial charge is 0.497 e. The minimum absolute atomic E-state index is 0.246. The van der Waals surface area contributed by atoms with Crippen LogP contribution in [0, 0.1) is 0 Å². The highest BCUT2D eigenvalue weighted by Gasteiger charge is 2.45. The molecule has 0 N–H and O–H groups in total. The van der Waals surface area contributed by atoms with Gasteiger partial charge in [0.1, 0.15) is 34.7 Å². The summed E-state index contributed by atoms with van der Waals surface area (Å²) in [7, 11) is 14.0. The van der Waals surface area contributed by atoms with Crippen LogP contribution < -0.4 is 48.1 Å². The Bertz CT molecular complexity index is 2100. The summed E-state index contributed by atoms with van der Waals surface area (Å²) in [5, 5.41) is 0.397. The topological polar surface area (TPSA) is 123 Å². The molecule has 0 saturated carbocycles. The Morgan fingerprint density at radius 1 is 0.588 bits per heavy atom. The van der Waals surface area contributed by atoms with Crippen molar-refractivity contribution in [2.24, 2.45) is 0 Å². The molecule has 0 amide bonds. The molecule has 268 valence electrons. The lowest BCUT2D eigenvalue weighted by Gasteiger charge is -2.40. The second kappa shape index (κ2) is 14.6. The summed E-state index contributed by atoms with van der Waals surface area (Å²) in [6, 6.07) is 17.5. The number of ether oxygens (including phenoxy) is 10. The molecule has 0 bridgehead atoms. The average molecular weight is 701 g/mol. The van der Waals surface area contributed by atoms with Gasteiger partial charge in [0.15, 0.2) is 34.5 Å². The average Bonchev–Trinajstić information content (AvgIpc) is 3.17. The van der Waals surface area contributed by atoms with Gasteiger partial charge in [-0.05, 0) is 36.4 Å². The van der Waals surface area contributed by atoms with E-state index in [1.165, 1.54) is 20.3 Å². The van der Waals surface area contributed by atoms with Crippen LogP contribution in [-0.4, -0.2) is 70.1 Å². The third-order valence-corrected chi connectivity index (χ3v) is 9.11. The van der Waals surface area contributed by atoms with Crippen molar-refractivity contribution in [3.63, 3.8) is 0 Å². The van der Waals surface area contributed by atoms with Gasteiger partial charge in [0.25, 0.3) is 0 Å². The molecule has 2 heterocycles. The van der Waals surface area contributed by atoms with E-state index in [2.05, 4.69) is 0 Å². The van der Waals surface area contributed by atoms with E-state index in [0.29, 0.717) is 79.4 Å². The maximum Gasteiger partial charge on any atom is 0.203 e. The SMILES string of the molecule is COc1ccc2c(c1)O[C@H](c1cc(OC)c(OC)c(OC)c1)[C@@H](OC)[C@H]2c1c(-c2cc(=O)c3ccc(OC)cc3o2)cc(OC)c(OC)c1OC. The first kappa shape index (κ1) is 35.1. The fourth-order valence-corrected chi connectivity index (χ4v) is 6.75. The molecule has 0 saturated heterocycles. The zero-order chi connectivity index (χ0) is 36.4. The van der Waals surface area contributed by atoms with E-state index in [1.807, 2.05) is 30.3 Å². The van der Waals surface area contributed by atoms with Gasteiger partial charge in [-0.3, -0.25) is 4.79 Å². The van der Waals surface area contributed by atoms with Crippen LogP contribution >= 0.6 is 0 Å².